The molecule has 2 N–H and O–H groups in total. The van der Waals surface area contributed by atoms with Crippen molar-refractivity contribution >= 4 is 11.8 Å². The third kappa shape index (κ3) is 5.14. The van der Waals surface area contributed by atoms with Crippen molar-refractivity contribution in [1.82, 2.24) is 10.9 Å². The zero-order valence-corrected chi connectivity index (χ0v) is 14.6. The van der Waals surface area contributed by atoms with Gasteiger partial charge in [0.05, 0.1) is 0 Å². The molecule has 0 saturated heterocycles. The second-order valence-corrected chi connectivity index (χ2v) is 5.87. The van der Waals surface area contributed by atoms with E-state index in [1.807, 2.05) is 30.3 Å². The van der Waals surface area contributed by atoms with Crippen molar-refractivity contribution < 1.29 is 23.1 Å². The number of carbonyl (C=O) groups is 2. The van der Waals surface area contributed by atoms with Gasteiger partial charge in [0.15, 0.2) is 0 Å². The predicted molar refractivity (Wildman–Crippen MR) is 98.5 cm³/mol. The maximum atomic E-state index is 13.1. The molecular formula is C21H16F2N2O3. The molecule has 0 unspecified atom stereocenters. The molecule has 3 rings (SSSR count). The Hall–Kier alpha value is -3.74. The van der Waals surface area contributed by atoms with Crippen LogP contribution in [-0.2, 0) is 6.61 Å². The molecule has 28 heavy (non-hydrogen) atoms. The molecule has 0 aliphatic carbocycles. The first kappa shape index (κ1) is 19.0. The Morgan fingerprint density at radius 1 is 0.750 bits per heavy atom. The normalized spacial score (nSPS) is 10.2. The van der Waals surface area contributed by atoms with E-state index in [9.17, 15) is 18.4 Å². The number of hydrogen-bond donors (Lipinski definition) is 2. The molecule has 3 aromatic carbocycles. The Labute approximate surface area is 159 Å². The zero-order chi connectivity index (χ0) is 19.9. The standard InChI is InChI=1S/C21H16F2N2O3/c22-17-10-16(11-18(23)12-17)21(27)25-24-20(26)15-8-6-14(7-9-15)13-28-19-4-2-1-3-5-19/h1-12H,13H2,(H,24,26)(H,25,27). The molecule has 0 radical (unpaired) electrons. The van der Waals surface area contributed by atoms with Crippen LogP contribution in [0.1, 0.15) is 26.3 Å². The molecule has 142 valence electrons. The summed E-state index contributed by atoms with van der Waals surface area (Å²) < 4.78 is 31.9. The lowest BCUT2D eigenvalue weighted by Crippen LogP contribution is -2.41. The molecule has 0 spiro atoms. The molecule has 0 heterocycles. The monoisotopic (exact) mass is 382 g/mol. The first-order valence-electron chi connectivity index (χ1n) is 8.35. The van der Waals surface area contributed by atoms with Crippen LogP contribution < -0.4 is 15.6 Å². The van der Waals surface area contributed by atoms with Gasteiger partial charge in [-0.1, -0.05) is 30.3 Å². The van der Waals surface area contributed by atoms with Gasteiger partial charge in [-0.15, -0.1) is 0 Å². The summed E-state index contributed by atoms with van der Waals surface area (Å²) in [7, 11) is 0. The van der Waals surface area contributed by atoms with Crippen LogP contribution in [0, 0.1) is 11.6 Å². The van der Waals surface area contributed by atoms with Crippen molar-refractivity contribution in [2.75, 3.05) is 0 Å². The molecule has 0 aliphatic heterocycles. The second-order valence-electron chi connectivity index (χ2n) is 5.87. The van der Waals surface area contributed by atoms with Crippen LogP contribution in [0.4, 0.5) is 8.78 Å². The van der Waals surface area contributed by atoms with Crippen molar-refractivity contribution in [2.45, 2.75) is 6.61 Å². The summed E-state index contributed by atoms with van der Waals surface area (Å²) in [5.74, 6) is -2.43. The smallest absolute Gasteiger partial charge is 0.269 e. The van der Waals surface area contributed by atoms with E-state index in [2.05, 4.69) is 10.9 Å². The van der Waals surface area contributed by atoms with Gasteiger partial charge in [0, 0.05) is 17.2 Å². The van der Waals surface area contributed by atoms with Crippen LogP contribution in [0.5, 0.6) is 5.75 Å². The van der Waals surface area contributed by atoms with Gasteiger partial charge in [0.2, 0.25) is 0 Å². The number of hydrogen-bond acceptors (Lipinski definition) is 3. The van der Waals surface area contributed by atoms with Gasteiger partial charge in [-0.25, -0.2) is 8.78 Å². The number of hydrazine groups is 1. The number of nitrogens with one attached hydrogen (secondary N) is 2. The van der Waals surface area contributed by atoms with Crippen molar-refractivity contribution in [3.63, 3.8) is 0 Å². The molecule has 2 amide bonds. The lowest BCUT2D eigenvalue weighted by molar-refractivity contribution is 0.0846. The molecule has 0 atom stereocenters. The SMILES string of the molecule is O=C(NNC(=O)c1cc(F)cc(F)c1)c1ccc(COc2ccccc2)cc1. The van der Waals surface area contributed by atoms with Gasteiger partial charge in [-0.05, 0) is 42.0 Å². The van der Waals surface area contributed by atoms with Crippen LogP contribution in [-0.4, -0.2) is 11.8 Å². The second kappa shape index (κ2) is 8.77. The van der Waals surface area contributed by atoms with Gasteiger partial charge < -0.3 is 4.74 Å². The Morgan fingerprint density at radius 2 is 1.32 bits per heavy atom. The molecular weight excluding hydrogens is 366 g/mol. The predicted octanol–water partition coefficient (Wildman–Crippen LogP) is 3.62. The highest BCUT2D eigenvalue weighted by molar-refractivity contribution is 5.99. The van der Waals surface area contributed by atoms with E-state index in [-0.39, 0.29) is 5.56 Å². The largest absolute Gasteiger partial charge is 0.489 e. The fraction of sp³-hybridized carbons (Fsp3) is 0.0476. The minimum absolute atomic E-state index is 0.244. The molecule has 3 aromatic rings. The number of amides is 2. The van der Waals surface area contributed by atoms with Gasteiger partial charge in [-0.2, -0.15) is 0 Å². The Bertz CT molecular complexity index is 956. The van der Waals surface area contributed by atoms with E-state index >= 15 is 0 Å². The summed E-state index contributed by atoms with van der Waals surface area (Å²) in [6, 6.07) is 18.3. The van der Waals surface area contributed by atoms with Crippen molar-refractivity contribution in [3.8, 4) is 5.75 Å². The summed E-state index contributed by atoms with van der Waals surface area (Å²) >= 11 is 0. The number of halogens is 2. The maximum absolute atomic E-state index is 13.1. The summed E-state index contributed by atoms with van der Waals surface area (Å²) in [5, 5.41) is 0. The van der Waals surface area contributed by atoms with Gasteiger partial charge >= 0.3 is 0 Å². The van der Waals surface area contributed by atoms with Crippen LogP contribution in [0.15, 0.2) is 72.8 Å². The van der Waals surface area contributed by atoms with Crippen LogP contribution in [0.2, 0.25) is 0 Å². The number of benzene rings is 3. The molecule has 0 bridgehead atoms. The lowest BCUT2D eigenvalue weighted by Gasteiger charge is -2.09. The molecule has 0 aromatic heterocycles. The van der Waals surface area contributed by atoms with Crippen molar-refractivity contribution in [1.29, 1.82) is 0 Å². The Kier molecular flexibility index (Phi) is 5.96. The number of carbonyl (C=O) groups excluding carboxylic acids is 2. The van der Waals surface area contributed by atoms with Crippen LogP contribution in [0.25, 0.3) is 0 Å². The first-order chi connectivity index (χ1) is 13.5. The zero-order valence-electron chi connectivity index (χ0n) is 14.6. The minimum atomic E-state index is -0.884. The van der Waals surface area contributed by atoms with Gasteiger partial charge in [0.25, 0.3) is 11.8 Å². The van der Waals surface area contributed by atoms with E-state index < -0.39 is 23.4 Å². The topological polar surface area (TPSA) is 67.4 Å². The number of rotatable bonds is 5. The summed E-state index contributed by atoms with van der Waals surface area (Å²) in [6.45, 7) is 0.341. The van der Waals surface area contributed by atoms with Crippen LogP contribution in [0.3, 0.4) is 0 Å². The molecule has 5 nitrogen and oxygen atoms in total. The number of ether oxygens (including phenoxy) is 1. The highest BCUT2D eigenvalue weighted by Gasteiger charge is 2.11. The third-order valence-electron chi connectivity index (χ3n) is 3.78. The van der Waals surface area contributed by atoms with Crippen molar-refractivity contribution in [3.05, 3.63) is 101 Å². The molecule has 0 aliphatic rings. The van der Waals surface area contributed by atoms with Gasteiger partial charge in [-0.3, -0.25) is 20.4 Å². The number of para-hydroxylation sites is 1. The quantitative estimate of drug-likeness (QED) is 0.663. The van der Waals surface area contributed by atoms with Gasteiger partial charge in [0.1, 0.15) is 24.0 Å². The van der Waals surface area contributed by atoms with E-state index in [1.54, 1.807) is 24.3 Å². The molecule has 7 heteroatoms. The molecule has 0 saturated carbocycles. The maximum Gasteiger partial charge on any atom is 0.269 e. The third-order valence-corrected chi connectivity index (χ3v) is 3.78. The van der Waals surface area contributed by atoms with E-state index in [1.165, 1.54) is 0 Å². The first-order valence-corrected chi connectivity index (χ1v) is 8.35. The minimum Gasteiger partial charge on any atom is -0.489 e. The summed E-state index contributed by atoms with van der Waals surface area (Å²) in [5.41, 5.74) is 5.23. The fourth-order valence-corrected chi connectivity index (χ4v) is 2.38. The Balaban J connectivity index is 1.53. The van der Waals surface area contributed by atoms with E-state index in [0.717, 1.165) is 23.4 Å². The summed E-state index contributed by atoms with van der Waals surface area (Å²) in [4.78, 5) is 24.0. The highest BCUT2D eigenvalue weighted by atomic mass is 19.1. The molecule has 0 fully saturated rings. The Morgan fingerprint density at radius 3 is 1.93 bits per heavy atom. The summed E-state index contributed by atoms with van der Waals surface area (Å²) in [6.07, 6.45) is 0. The van der Waals surface area contributed by atoms with Crippen molar-refractivity contribution in [2.24, 2.45) is 0 Å². The lowest BCUT2D eigenvalue weighted by atomic mass is 10.1. The van der Waals surface area contributed by atoms with E-state index in [0.29, 0.717) is 18.2 Å². The van der Waals surface area contributed by atoms with E-state index in [4.69, 9.17) is 4.74 Å². The highest BCUT2D eigenvalue weighted by Crippen LogP contribution is 2.12. The average molecular weight is 382 g/mol. The van der Waals surface area contributed by atoms with Crippen LogP contribution >= 0.6 is 0 Å². The fourth-order valence-electron chi connectivity index (χ4n) is 2.38. The average Bonchev–Trinajstić information content (AvgIpc) is 2.70.